The minimum atomic E-state index is -0.624. The summed E-state index contributed by atoms with van der Waals surface area (Å²) < 4.78 is 4.95. The topological polar surface area (TPSA) is 26.3 Å². The van der Waals surface area contributed by atoms with E-state index in [0.717, 1.165) is 36.8 Å². The fourth-order valence-electron chi connectivity index (χ4n) is 2.43. The van der Waals surface area contributed by atoms with Crippen LogP contribution in [-0.4, -0.2) is 13.1 Å². The second-order valence-electron chi connectivity index (χ2n) is 5.19. The quantitative estimate of drug-likeness (QED) is 0.327. The number of hydrogen-bond donors (Lipinski definition) is 0. The third kappa shape index (κ3) is 3.64. The van der Waals surface area contributed by atoms with Crippen molar-refractivity contribution in [3.8, 4) is 12.3 Å². The average Bonchev–Trinajstić information content (AvgIpc) is 3.24. The molecule has 1 aliphatic rings. The summed E-state index contributed by atoms with van der Waals surface area (Å²) in [7, 11) is 1.43. The Balaban J connectivity index is 2.00. The van der Waals surface area contributed by atoms with Crippen molar-refractivity contribution in [2.24, 2.45) is 5.41 Å². The van der Waals surface area contributed by atoms with Crippen LogP contribution in [0.3, 0.4) is 0 Å². The van der Waals surface area contributed by atoms with Gasteiger partial charge in [-0.2, -0.15) is 0 Å². The molecule has 0 aromatic heterocycles. The molecule has 0 saturated heterocycles. The van der Waals surface area contributed by atoms with Crippen molar-refractivity contribution in [1.82, 2.24) is 0 Å². The van der Waals surface area contributed by atoms with Gasteiger partial charge in [-0.15, -0.1) is 12.3 Å². The summed E-state index contributed by atoms with van der Waals surface area (Å²) in [5, 5.41) is 0. The number of carbonyl (C=O) groups is 1. The van der Waals surface area contributed by atoms with Gasteiger partial charge in [-0.3, -0.25) is 4.79 Å². The summed E-state index contributed by atoms with van der Waals surface area (Å²) in [6.45, 7) is 0. The highest BCUT2D eigenvalue weighted by Gasteiger charge is 2.49. The Morgan fingerprint density at radius 1 is 1.33 bits per heavy atom. The van der Waals surface area contributed by atoms with Crippen LogP contribution in [0.25, 0.3) is 6.08 Å². The van der Waals surface area contributed by atoms with E-state index in [1.54, 1.807) is 0 Å². The SMILES string of the molecule is C#CCCCCC1=C[C@]1(/C=C/c1ccccc1)C(=O)OC. The molecule has 0 fully saturated rings. The highest BCUT2D eigenvalue weighted by molar-refractivity contribution is 5.92. The number of terminal acetylenes is 1. The number of rotatable bonds is 7. The lowest BCUT2D eigenvalue weighted by Crippen LogP contribution is -2.18. The number of unbranched alkanes of at least 4 members (excludes halogenated alkanes) is 2. The standard InChI is InChI=1S/C19H20O2/c1-3-4-5-9-12-17-15-19(17,18(20)21-2)14-13-16-10-7-6-8-11-16/h1,6-8,10-11,13-15H,4-5,9,12H2,2H3/b14-13+/t19-/m0/s1. The van der Waals surface area contributed by atoms with Crippen LogP contribution in [0.2, 0.25) is 0 Å². The first-order valence-corrected chi connectivity index (χ1v) is 7.21. The van der Waals surface area contributed by atoms with Gasteiger partial charge in [-0.05, 0) is 30.4 Å². The van der Waals surface area contributed by atoms with Crippen molar-refractivity contribution >= 4 is 12.0 Å². The zero-order chi connectivity index (χ0) is 15.1. The van der Waals surface area contributed by atoms with Gasteiger partial charge in [0, 0.05) is 6.42 Å². The number of benzene rings is 1. The number of methoxy groups -OCH3 is 1. The van der Waals surface area contributed by atoms with E-state index in [2.05, 4.69) is 5.92 Å². The Bertz CT molecular complexity index is 590. The molecular formula is C19H20O2. The molecule has 2 heteroatoms. The molecular weight excluding hydrogens is 260 g/mol. The summed E-state index contributed by atoms with van der Waals surface area (Å²) in [4.78, 5) is 12.1. The molecule has 0 heterocycles. The molecule has 2 rings (SSSR count). The van der Waals surface area contributed by atoms with E-state index in [1.807, 2.05) is 48.6 Å². The Morgan fingerprint density at radius 2 is 2.10 bits per heavy atom. The van der Waals surface area contributed by atoms with Gasteiger partial charge in [0.2, 0.25) is 0 Å². The van der Waals surface area contributed by atoms with Gasteiger partial charge in [0.1, 0.15) is 5.41 Å². The molecule has 0 saturated carbocycles. The molecule has 0 amide bonds. The Morgan fingerprint density at radius 3 is 2.76 bits per heavy atom. The lowest BCUT2D eigenvalue weighted by atomic mass is 9.95. The molecule has 0 spiro atoms. The van der Waals surface area contributed by atoms with Crippen molar-refractivity contribution in [2.45, 2.75) is 25.7 Å². The summed E-state index contributed by atoms with van der Waals surface area (Å²) in [6.07, 6.45) is 14.8. The van der Waals surface area contributed by atoms with E-state index in [9.17, 15) is 4.79 Å². The highest BCUT2D eigenvalue weighted by atomic mass is 16.5. The van der Waals surface area contributed by atoms with Gasteiger partial charge in [0.05, 0.1) is 7.11 Å². The van der Waals surface area contributed by atoms with E-state index in [-0.39, 0.29) is 5.97 Å². The maximum absolute atomic E-state index is 12.1. The van der Waals surface area contributed by atoms with Gasteiger partial charge in [-0.1, -0.05) is 48.6 Å². The summed E-state index contributed by atoms with van der Waals surface area (Å²) in [6, 6.07) is 9.95. The van der Waals surface area contributed by atoms with Gasteiger partial charge in [-0.25, -0.2) is 0 Å². The van der Waals surface area contributed by atoms with Crippen LogP contribution in [-0.2, 0) is 9.53 Å². The molecule has 0 bridgehead atoms. The second kappa shape index (κ2) is 6.95. The molecule has 108 valence electrons. The maximum atomic E-state index is 12.1. The van der Waals surface area contributed by atoms with Gasteiger partial charge in [0.25, 0.3) is 0 Å². The van der Waals surface area contributed by atoms with E-state index in [4.69, 9.17) is 11.2 Å². The number of carbonyl (C=O) groups excluding carboxylic acids is 1. The largest absolute Gasteiger partial charge is 0.468 e. The second-order valence-corrected chi connectivity index (χ2v) is 5.19. The Labute approximate surface area is 126 Å². The Kier molecular flexibility index (Phi) is 5.00. The first kappa shape index (κ1) is 15.1. The maximum Gasteiger partial charge on any atom is 0.323 e. The number of esters is 1. The van der Waals surface area contributed by atoms with Crippen molar-refractivity contribution < 1.29 is 9.53 Å². The molecule has 0 N–H and O–H groups in total. The molecule has 0 unspecified atom stereocenters. The average molecular weight is 280 g/mol. The fourth-order valence-corrected chi connectivity index (χ4v) is 2.43. The van der Waals surface area contributed by atoms with Crippen molar-refractivity contribution in [2.75, 3.05) is 7.11 Å². The van der Waals surface area contributed by atoms with E-state index in [0.29, 0.717) is 0 Å². The minimum absolute atomic E-state index is 0.207. The lowest BCUT2D eigenvalue weighted by molar-refractivity contribution is -0.144. The zero-order valence-corrected chi connectivity index (χ0v) is 12.3. The van der Waals surface area contributed by atoms with Crippen LogP contribution >= 0.6 is 0 Å². The van der Waals surface area contributed by atoms with Crippen molar-refractivity contribution in [3.05, 3.63) is 53.6 Å². The monoisotopic (exact) mass is 280 g/mol. The molecule has 2 nitrogen and oxygen atoms in total. The molecule has 1 aliphatic carbocycles. The summed E-state index contributed by atoms with van der Waals surface area (Å²) in [5.74, 6) is 2.43. The minimum Gasteiger partial charge on any atom is -0.468 e. The van der Waals surface area contributed by atoms with Crippen LogP contribution < -0.4 is 0 Å². The summed E-state index contributed by atoms with van der Waals surface area (Å²) >= 11 is 0. The van der Waals surface area contributed by atoms with Crippen LogP contribution in [0.1, 0.15) is 31.2 Å². The van der Waals surface area contributed by atoms with Crippen molar-refractivity contribution in [3.63, 3.8) is 0 Å². The van der Waals surface area contributed by atoms with E-state index >= 15 is 0 Å². The summed E-state index contributed by atoms with van der Waals surface area (Å²) in [5.41, 5.74) is 1.59. The van der Waals surface area contributed by atoms with E-state index in [1.165, 1.54) is 7.11 Å². The van der Waals surface area contributed by atoms with Gasteiger partial charge < -0.3 is 4.74 Å². The Hall–Kier alpha value is -2.27. The molecule has 0 radical (unpaired) electrons. The molecule has 21 heavy (non-hydrogen) atoms. The molecule has 1 aromatic carbocycles. The van der Waals surface area contributed by atoms with Gasteiger partial charge >= 0.3 is 5.97 Å². The van der Waals surface area contributed by atoms with Crippen LogP contribution in [0, 0.1) is 17.8 Å². The lowest BCUT2D eigenvalue weighted by Gasteiger charge is -2.11. The molecule has 1 atom stereocenters. The predicted molar refractivity (Wildman–Crippen MR) is 85.3 cm³/mol. The van der Waals surface area contributed by atoms with Gasteiger partial charge in [0.15, 0.2) is 0 Å². The molecule has 1 aromatic rings. The smallest absolute Gasteiger partial charge is 0.323 e. The van der Waals surface area contributed by atoms with Crippen molar-refractivity contribution in [1.29, 1.82) is 0 Å². The molecule has 0 aliphatic heterocycles. The van der Waals surface area contributed by atoms with E-state index < -0.39 is 5.41 Å². The van der Waals surface area contributed by atoms with Crippen LogP contribution in [0.5, 0.6) is 0 Å². The first-order chi connectivity index (χ1) is 10.2. The highest BCUT2D eigenvalue weighted by Crippen LogP contribution is 2.49. The normalized spacial score (nSPS) is 19.9. The third-order valence-corrected chi connectivity index (χ3v) is 3.73. The van der Waals surface area contributed by atoms with Crippen LogP contribution in [0.4, 0.5) is 0 Å². The number of hydrogen-bond acceptors (Lipinski definition) is 2. The third-order valence-electron chi connectivity index (χ3n) is 3.73. The first-order valence-electron chi connectivity index (χ1n) is 7.21. The fraction of sp³-hybridized carbons (Fsp3) is 0.316. The number of ether oxygens (including phenoxy) is 1. The van der Waals surface area contributed by atoms with Crippen LogP contribution in [0.15, 0.2) is 48.1 Å². The predicted octanol–water partition coefficient (Wildman–Crippen LogP) is 3.99. The zero-order valence-electron chi connectivity index (χ0n) is 12.3.